The van der Waals surface area contributed by atoms with E-state index in [1.807, 2.05) is 13.8 Å². The predicted octanol–water partition coefficient (Wildman–Crippen LogP) is 3.18. The lowest BCUT2D eigenvalue weighted by molar-refractivity contribution is -0.141. The number of carboxylic acids is 1. The van der Waals surface area contributed by atoms with Crippen LogP contribution in [0.3, 0.4) is 0 Å². The monoisotopic (exact) mass is 376 g/mol. The van der Waals surface area contributed by atoms with E-state index < -0.39 is 17.9 Å². The van der Waals surface area contributed by atoms with E-state index >= 15 is 0 Å². The molecule has 0 spiro atoms. The maximum Gasteiger partial charge on any atom is 0.321 e. The first-order chi connectivity index (χ1) is 11.3. The van der Waals surface area contributed by atoms with E-state index in [4.69, 9.17) is 27.9 Å². The van der Waals surface area contributed by atoms with Crippen molar-refractivity contribution < 1.29 is 19.4 Å². The van der Waals surface area contributed by atoms with Gasteiger partial charge in [-0.15, -0.1) is 0 Å². The van der Waals surface area contributed by atoms with Gasteiger partial charge < -0.3 is 20.5 Å². The fourth-order valence-electron chi connectivity index (χ4n) is 1.89. The van der Waals surface area contributed by atoms with Crippen LogP contribution in [0.2, 0.25) is 10.0 Å². The summed E-state index contributed by atoms with van der Waals surface area (Å²) >= 11 is 11.8. The van der Waals surface area contributed by atoms with Gasteiger partial charge >= 0.3 is 5.97 Å². The summed E-state index contributed by atoms with van der Waals surface area (Å²) in [4.78, 5) is 23.3. The number of hydrogen-bond acceptors (Lipinski definition) is 4. The van der Waals surface area contributed by atoms with Crippen molar-refractivity contribution in [3.8, 4) is 0 Å². The highest BCUT2D eigenvalue weighted by Crippen LogP contribution is 2.25. The smallest absolute Gasteiger partial charge is 0.321 e. The Kier molecular flexibility index (Phi) is 9.07. The van der Waals surface area contributed by atoms with Crippen molar-refractivity contribution in [2.45, 2.75) is 38.8 Å². The minimum absolute atomic E-state index is 0.133. The molecule has 0 bridgehead atoms. The lowest BCUT2D eigenvalue weighted by Crippen LogP contribution is -2.40. The van der Waals surface area contributed by atoms with Crippen molar-refractivity contribution in [1.29, 1.82) is 0 Å². The molecule has 0 saturated heterocycles. The molecule has 0 unspecified atom stereocenters. The fraction of sp³-hybridized carbons (Fsp3) is 0.500. The normalized spacial score (nSPS) is 12.2. The number of rotatable bonds is 10. The number of nitrogens with one attached hydrogen (secondary N) is 2. The van der Waals surface area contributed by atoms with E-state index in [1.165, 1.54) is 6.07 Å². The summed E-state index contributed by atoms with van der Waals surface area (Å²) in [5.74, 6) is -1.55. The lowest BCUT2D eigenvalue weighted by atomic mass is 10.2. The van der Waals surface area contributed by atoms with Gasteiger partial charge in [0.25, 0.3) is 0 Å². The standard InChI is InChI=1S/C16H22Cl2N2O4/c1-10(2)24-7-3-6-19-14(16(22)23)9-15(21)20-13-8-11(17)4-5-12(13)18/h4-5,8,10,14,19H,3,6-7,9H2,1-2H3,(H,20,21)(H,22,23)/t14-/m1/s1. The maximum atomic E-state index is 12.0. The van der Waals surface area contributed by atoms with Gasteiger partial charge in [-0.2, -0.15) is 0 Å². The highest BCUT2D eigenvalue weighted by Gasteiger charge is 2.21. The summed E-state index contributed by atoms with van der Waals surface area (Å²) in [5.41, 5.74) is 0.351. The molecule has 0 aromatic heterocycles. The van der Waals surface area contributed by atoms with E-state index in [0.29, 0.717) is 35.3 Å². The van der Waals surface area contributed by atoms with Crippen LogP contribution in [0.15, 0.2) is 18.2 Å². The van der Waals surface area contributed by atoms with Gasteiger partial charge in [-0.1, -0.05) is 23.2 Å². The number of halogens is 2. The number of hydrogen-bond donors (Lipinski definition) is 3. The number of carbonyl (C=O) groups excluding carboxylic acids is 1. The van der Waals surface area contributed by atoms with E-state index in [0.717, 1.165) is 0 Å². The van der Waals surface area contributed by atoms with Crippen molar-refractivity contribution in [2.75, 3.05) is 18.5 Å². The zero-order valence-electron chi connectivity index (χ0n) is 13.6. The van der Waals surface area contributed by atoms with Crippen molar-refractivity contribution in [3.05, 3.63) is 28.2 Å². The van der Waals surface area contributed by atoms with Crippen LogP contribution in [0.1, 0.15) is 26.7 Å². The van der Waals surface area contributed by atoms with Gasteiger partial charge in [0.2, 0.25) is 5.91 Å². The topological polar surface area (TPSA) is 87.7 Å². The SMILES string of the molecule is CC(C)OCCCN[C@H](CC(=O)Nc1cc(Cl)ccc1Cl)C(=O)O. The Morgan fingerprint density at radius 1 is 1.29 bits per heavy atom. The van der Waals surface area contributed by atoms with Crippen LogP contribution in [-0.4, -0.2) is 42.3 Å². The minimum atomic E-state index is -1.09. The van der Waals surface area contributed by atoms with Crippen LogP contribution in [0, 0.1) is 0 Å². The largest absolute Gasteiger partial charge is 0.480 e. The van der Waals surface area contributed by atoms with Crippen molar-refractivity contribution >= 4 is 40.8 Å². The van der Waals surface area contributed by atoms with Gasteiger partial charge in [-0.05, 0) is 45.0 Å². The molecule has 1 rings (SSSR count). The van der Waals surface area contributed by atoms with Gasteiger partial charge in [0.15, 0.2) is 0 Å². The summed E-state index contributed by atoms with van der Waals surface area (Å²) in [6.45, 7) is 4.83. The molecule has 1 aromatic carbocycles. The molecule has 0 fully saturated rings. The Hall–Kier alpha value is -1.34. The van der Waals surface area contributed by atoms with Gasteiger partial charge in [0, 0.05) is 11.6 Å². The summed E-state index contributed by atoms with van der Waals surface area (Å²) < 4.78 is 5.37. The molecule has 1 atom stereocenters. The highest BCUT2D eigenvalue weighted by molar-refractivity contribution is 6.35. The van der Waals surface area contributed by atoms with Gasteiger partial charge in [0.1, 0.15) is 6.04 Å². The molecule has 0 aliphatic heterocycles. The van der Waals surface area contributed by atoms with Crippen molar-refractivity contribution in [1.82, 2.24) is 5.32 Å². The zero-order chi connectivity index (χ0) is 18.1. The third-order valence-corrected chi connectivity index (χ3v) is 3.62. The number of amides is 1. The molecule has 134 valence electrons. The number of aliphatic carboxylic acids is 1. The summed E-state index contributed by atoms with van der Waals surface area (Å²) in [6, 6.07) is 3.68. The Bertz CT molecular complexity index is 567. The quantitative estimate of drug-likeness (QED) is 0.545. The number of anilines is 1. The first kappa shape index (κ1) is 20.7. The van der Waals surface area contributed by atoms with Crippen LogP contribution in [0.25, 0.3) is 0 Å². The third-order valence-electron chi connectivity index (χ3n) is 3.05. The molecule has 0 radical (unpaired) electrons. The van der Waals surface area contributed by atoms with Gasteiger partial charge in [0.05, 0.1) is 23.2 Å². The summed E-state index contributed by atoms with van der Waals surface area (Å²) in [7, 11) is 0. The Morgan fingerprint density at radius 3 is 2.62 bits per heavy atom. The molecule has 6 nitrogen and oxygen atoms in total. The third kappa shape index (κ3) is 7.97. The fourth-order valence-corrected chi connectivity index (χ4v) is 2.23. The first-order valence-electron chi connectivity index (χ1n) is 7.62. The van der Waals surface area contributed by atoms with Gasteiger partial charge in [-0.3, -0.25) is 9.59 Å². The molecule has 0 aliphatic rings. The Labute approximate surface area is 151 Å². The highest BCUT2D eigenvalue weighted by atomic mass is 35.5. The second-order valence-electron chi connectivity index (χ2n) is 5.49. The minimum Gasteiger partial charge on any atom is -0.480 e. The number of carbonyl (C=O) groups is 2. The summed E-state index contributed by atoms with van der Waals surface area (Å²) in [6.07, 6.45) is 0.570. The molecule has 1 amide bonds. The van der Waals surface area contributed by atoms with E-state index in [9.17, 15) is 14.7 Å². The van der Waals surface area contributed by atoms with Crippen molar-refractivity contribution in [2.24, 2.45) is 0 Å². The molecule has 8 heteroatoms. The predicted molar refractivity (Wildman–Crippen MR) is 94.8 cm³/mol. The lowest BCUT2D eigenvalue weighted by Gasteiger charge is -2.15. The average Bonchev–Trinajstić information content (AvgIpc) is 2.49. The van der Waals surface area contributed by atoms with Crippen LogP contribution in [0.4, 0.5) is 5.69 Å². The van der Waals surface area contributed by atoms with E-state index in [-0.39, 0.29) is 12.5 Å². The van der Waals surface area contributed by atoms with Crippen LogP contribution < -0.4 is 10.6 Å². The number of carboxylic acid groups (broad SMARTS) is 1. The molecule has 0 aliphatic carbocycles. The maximum absolute atomic E-state index is 12.0. The molecule has 0 heterocycles. The Morgan fingerprint density at radius 2 is 2.00 bits per heavy atom. The van der Waals surface area contributed by atoms with Gasteiger partial charge in [-0.25, -0.2) is 0 Å². The first-order valence-corrected chi connectivity index (χ1v) is 8.38. The van der Waals surface area contributed by atoms with Crippen LogP contribution >= 0.6 is 23.2 Å². The number of benzene rings is 1. The average molecular weight is 377 g/mol. The zero-order valence-corrected chi connectivity index (χ0v) is 15.2. The molecule has 1 aromatic rings. The van der Waals surface area contributed by atoms with Crippen LogP contribution in [-0.2, 0) is 14.3 Å². The molecular weight excluding hydrogens is 355 g/mol. The van der Waals surface area contributed by atoms with E-state index in [2.05, 4.69) is 10.6 Å². The second-order valence-corrected chi connectivity index (χ2v) is 6.34. The molecular formula is C16H22Cl2N2O4. The van der Waals surface area contributed by atoms with Crippen LogP contribution in [0.5, 0.6) is 0 Å². The number of ether oxygens (including phenoxy) is 1. The van der Waals surface area contributed by atoms with Crippen molar-refractivity contribution in [3.63, 3.8) is 0 Å². The second kappa shape index (κ2) is 10.5. The Balaban J connectivity index is 2.48. The molecule has 3 N–H and O–H groups in total. The molecule has 24 heavy (non-hydrogen) atoms. The summed E-state index contributed by atoms with van der Waals surface area (Å²) in [5, 5.41) is 15.4. The molecule has 0 saturated carbocycles. The van der Waals surface area contributed by atoms with E-state index in [1.54, 1.807) is 12.1 Å².